The number of nitrogens with zero attached hydrogens (tertiary/aromatic N) is 3. The number of carbonyl (C=O) groups excluding carboxylic acids is 1. The first kappa shape index (κ1) is 17.5. The Hall–Kier alpha value is -3.87. The van der Waals surface area contributed by atoms with E-state index in [9.17, 15) is 4.79 Å². The van der Waals surface area contributed by atoms with E-state index >= 15 is 0 Å². The maximum Gasteiger partial charge on any atom is 0.273 e. The predicted octanol–water partition coefficient (Wildman–Crippen LogP) is 3.96. The highest BCUT2D eigenvalue weighted by Crippen LogP contribution is 2.21. The lowest BCUT2D eigenvalue weighted by molar-refractivity contribution is 0.101. The van der Waals surface area contributed by atoms with Crippen molar-refractivity contribution < 1.29 is 9.53 Å². The number of anilines is 2. The van der Waals surface area contributed by atoms with Gasteiger partial charge in [-0.1, -0.05) is 12.1 Å². The molecule has 0 unspecified atom stereocenters. The Labute approximate surface area is 162 Å². The van der Waals surface area contributed by atoms with Gasteiger partial charge in [-0.3, -0.25) is 10.2 Å². The zero-order valence-corrected chi connectivity index (χ0v) is 15.3. The van der Waals surface area contributed by atoms with Crippen LogP contribution < -0.4 is 15.5 Å². The fourth-order valence-corrected chi connectivity index (χ4v) is 2.84. The van der Waals surface area contributed by atoms with E-state index in [0.29, 0.717) is 18.0 Å². The summed E-state index contributed by atoms with van der Waals surface area (Å²) in [4.78, 5) is 21.4. The van der Waals surface area contributed by atoms with Crippen LogP contribution in [-0.4, -0.2) is 27.2 Å². The molecule has 0 bridgehead atoms. The monoisotopic (exact) mass is 373 g/mol. The van der Waals surface area contributed by atoms with Gasteiger partial charge in [0.25, 0.3) is 5.91 Å². The number of ether oxygens (including phenoxy) is 1. The van der Waals surface area contributed by atoms with Crippen molar-refractivity contribution in [2.75, 3.05) is 17.3 Å². The van der Waals surface area contributed by atoms with Gasteiger partial charge < -0.3 is 10.1 Å². The first-order chi connectivity index (χ1) is 13.7. The summed E-state index contributed by atoms with van der Waals surface area (Å²) in [6.45, 7) is 2.55. The maximum absolute atomic E-state index is 12.8. The van der Waals surface area contributed by atoms with Crippen LogP contribution in [0.3, 0.4) is 0 Å². The molecular formula is C21H19N5O2. The zero-order valence-electron chi connectivity index (χ0n) is 15.3. The molecule has 0 radical (unpaired) electrons. The third-order valence-electron chi connectivity index (χ3n) is 4.16. The molecule has 4 aromatic rings. The van der Waals surface area contributed by atoms with Crippen LogP contribution in [0, 0.1) is 0 Å². The van der Waals surface area contributed by atoms with Gasteiger partial charge in [-0.05, 0) is 55.5 Å². The highest BCUT2D eigenvalue weighted by Gasteiger charge is 2.14. The van der Waals surface area contributed by atoms with Crippen molar-refractivity contribution >= 4 is 28.4 Å². The van der Waals surface area contributed by atoms with Crippen LogP contribution in [0.4, 0.5) is 11.5 Å². The minimum Gasteiger partial charge on any atom is -0.494 e. The molecule has 0 aliphatic heterocycles. The van der Waals surface area contributed by atoms with Crippen LogP contribution >= 0.6 is 0 Å². The SMILES string of the molecule is CCOc1ccc(Nc2ncccc2C(=O)Nn2cnc3ccccc32)cc1. The van der Waals surface area contributed by atoms with E-state index in [2.05, 4.69) is 20.7 Å². The number of nitrogens with one attached hydrogen (secondary N) is 2. The van der Waals surface area contributed by atoms with Gasteiger partial charge in [-0.15, -0.1) is 0 Å². The summed E-state index contributed by atoms with van der Waals surface area (Å²) in [6.07, 6.45) is 3.22. The molecule has 0 aliphatic rings. The Kier molecular flexibility index (Phi) is 4.88. The lowest BCUT2D eigenvalue weighted by Crippen LogP contribution is -2.23. The molecule has 140 valence electrons. The van der Waals surface area contributed by atoms with Gasteiger partial charge in [0, 0.05) is 11.9 Å². The van der Waals surface area contributed by atoms with E-state index in [0.717, 1.165) is 22.5 Å². The van der Waals surface area contributed by atoms with Crippen LogP contribution in [0.15, 0.2) is 73.2 Å². The summed E-state index contributed by atoms with van der Waals surface area (Å²) in [5, 5.41) is 3.19. The molecular weight excluding hydrogens is 354 g/mol. The summed E-state index contributed by atoms with van der Waals surface area (Å²) < 4.78 is 7.05. The number of carbonyl (C=O) groups is 1. The minimum absolute atomic E-state index is 0.287. The Balaban J connectivity index is 1.56. The second kappa shape index (κ2) is 7.79. The van der Waals surface area contributed by atoms with Crippen LogP contribution in [0.1, 0.15) is 17.3 Å². The van der Waals surface area contributed by atoms with Crippen LogP contribution in [0.2, 0.25) is 0 Å². The predicted molar refractivity (Wildman–Crippen MR) is 109 cm³/mol. The number of benzene rings is 2. The highest BCUT2D eigenvalue weighted by molar-refractivity contribution is 6.04. The molecule has 0 atom stereocenters. The number of amides is 1. The molecule has 2 N–H and O–H groups in total. The van der Waals surface area contributed by atoms with E-state index in [-0.39, 0.29) is 5.91 Å². The second-order valence-electron chi connectivity index (χ2n) is 6.03. The fourth-order valence-electron chi connectivity index (χ4n) is 2.84. The summed E-state index contributed by atoms with van der Waals surface area (Å²) in [5.41, 5.74) is 5.71. The van der Waals surface area contributed by atoms with Gasteiger partial charge in [-0.25, -0.2) is 14.6 Å². The van der Waals surface area contributed by atoms with Crippen molar-refractivity contribution in [3.8, 4) is 5.75 Å². The number of pyridine rings is 1. The Morgan fingerprint density at radius 3 is 2.68 bits per heavy atom. The van der Waals surface area contributed by atoms with Crippen molar-refractivity contribution in [3.05, 3.63) is 78.8 Å². The van der Waals surface area contributed by atoms with E-state index in [1.165, 1.54) is 0 Å². The number of hydrogen-bond donors (Lipinski definition) is 2. The number of imidazole rings is 1. The zero-order chi connectivity index (χ0) is 19.3. The lowest BCUT2D eigenvalue weighted by atomic mass is 10.2. The molecule has 0 saturated heterocycles. The third kappa shape index (κ3) is 3.64. The van der Waals surface area contributed by atoms with Crippen LogP contribution in [0.5, 0.6) is 5.75 Å². The molecule has 4 rings (SSSR count). The Morgan fingerprint density at radius 2 is 1.86 bits per heavy atom. The van der Waals surface area contributed by atoms with Crippen molar-refractivity contribution in [3.63, 3.8) is 0 Å². The van der Waals surface area contributed by atoms with Crippen molar-refractivity contribution in [1.29, 1.82) is 0 Å². The summed E-state index contributed by atoms with van der Waals surface area (Å²) >= 11 is 0. The van der Waals surface area contributed by atoms with Gasteiger partial charge in [0.1, 0.15) is 17.9 Å². The highest BCUT2D eigenvalue weighted by atomic mass is 16.5. The molecule has 2 aromatic carbocycles. The molecule has 28 heavy (non-hydrogen) atoms. The third-order valence-corrected chi connectivity index (χ3v) is 4.16. The van der Waals surface area contributed by atoms with E-state index in [4.69, 9.17) is 4.74 Å². The Bertz CT molecular complexity index is 1110. The number of rotatable bonds is 6. The van der Waals surface area contributed by atoms with Crippen LogP contribution in [-0.2, 0) is 0 Å². The first-order valence-corrected chi connectivity index (χ1v) is 8.93. The number of fused-ring (bicyclic) bond motifs is 1. The summed E-state index contributed by atoms with van der Waals surface area (Å²) in [7, 11) is 0. The second-order valence-corrected chi connectivity index (χ2v) is 6.03. The maximum atomic E-state index is 12.8. The largest absolute Gasteiger partial charge is 0.494 e. The van der Waals surface area contributed by atoms with E-state index in [1.54, 1.807) is 29.3 Å². The van der Waals surface area contributed by atoms with Crippen molar-refractivity contribution in [1.82, 2.24) is 14.6 Å². The molecule has 7 heteroatoms. The average molecular weight is 373 g/mol. The molecule has 0 saturated carbocycles. The topological polar surface area (TPSA) is 81.1 Å². The van der Waals surface area contributed by atoms with Gasteiger partial charge in [-0.2, -0.15) is 0 Å². The standard InChI is InChI=1S/C21H19N5O2/c1-2-28-16-11-9-15(10-12-16)24-20-17(6-5-13-22-20)21(27)25-26-14-23-18-7-3-4-8-19(18)26/h3-14H,2H2,1H3,(H,22,24)(H,25,27). The smallest absolute Gasteiger partial charge is 0.273 e. The van der Waals surface area contributed by atoms with E-state index < -0.39 is 0 Å². The lowest BCUT2D eigenvalue weighted by Gasteiger charge is -2.12. The number of para-hydroxylation sites is 2. The normalized spacial score (nSPS) is 10.6. The summed E-state index contributed by atoms with van der Waals surface area (Å²) in [6, 6.07) is 18.5. The van der Waals surface area contributed by atoms with Crippen molar-refractivity contribution in [2.24, 2.45) is 0 Å². The quantitative estimate of drug-likeness (QED) is 0.535. The fraction of sp³-hybridized carbons (Fsp3) is 0.0952. The molecule has 1 amide bonds. The molecule has 0 fully saturated rings. The van der Waals surface area contributed by atoms with Gasteiger partial charge in [0.2, 0.25) is 0 Å². The number of hydrogen-bond acceptors (Lipinski definition) is 5. The number of aromatic nitrogens is 3. The molecule has 7 nitrogen and oxygen atoms in total. The molecule has 2 heterocycles. The Morgan fingerprint density at radius 1 is 1.04 bits per heavy atom. The van der Waals surface area contributed by atoms with Crippen molar-refractivity contribution in [2.45, 2.75) is 6.92 Å². The molecule has 0 aliphatic carbocycles. The first-order valence-electron chi connectivity index (χ1n) is 8.93. The average Bonchev–Trinajstić information content (AvgIpc) is 3.13. The van der Waals surface area contributed by atoms with Crippen LogP contribution in [0.25, 0.3) is 11.0 Å². The minimum atomic E-state index is -0.287. The van der Waals surface area contributed by atoms with Gasteiger partial charge in [0.15, 0.2) is 0 Å². The summed E-state index contributed by atoms with van der Waals surface area (Å²) in [5.74, 6) is 0.970. The van der Waals surface area contributed by atoms with E-state index in [1.807, 2.05) is 55.5 Å². The molecule has 0 spiro atoms. The van der Waals surface area contributed by atoms with Gasteiger partial charge in [0.05, 0.1) is 23.2 Å². The molecule has 2 aromatic heterocycles. The van der Waals surface area contributed by atoms with Gasteiger partial charge >= 0.3 is 0 Å².